The molecule has 1 atom stereocenters. The zero-order chi connectivity index (χ0) is 7.56. The van der Waals surface area contributed by atoms with Gasteiger partial charge in [-0.2, -0.15) is 0 Å². The molecule has 0 amide bonds. The highest BCUT2D eigenvalue weighted by molar-refractivity contribution is 4.84. The summed E-state index contributed by atoms with van der Waals surface area (Å²) in [5.41, 5.74) is 0. The maximum absolute atomic E-state index is 5.35. The minimum atomic E-state index is 0.480. The molecule has 0 aliphatic heterocycles. The zero-order valence-corrected chi connectivity index (χ0v) is 6.79. The smallest absolute Gasteiger partial charge is 0.220 e. The normalized spacial score (nSPS) is 13.5. The lowest BCUT2D eigenvalue weighted by atomic mass is 10.3. The van der Waals surface area contributed by atoms with Gasteiger partial charge < -0.3 is 0 Å². The molecule has 0 N–H and O–H groups in total. The molecular weight excluding hydrogens is 126 g/mol. The molecule has 56 valence electrons. The summed E-state index contributed by atoms with van der Waals surface area (Å²) in [6.07, 6.45) is 3.08. The van der Waals surface area contributed by atoms with Crippen molar-refractivity contribution < 1.29 is 9.26 Å². The van der Waals surface area contributed by atoms with Crippen molar-refractivity contribution in [1.29, 1.82) is 0 Å². The molecule has 0 saturated carbocycles. The fraction of sp³-hybridized carbons (Fsp3) is 0.625. The first-order valence-corrected chi connectivity index (χ1v) is 3.72. The molecule has 1 heterocycles. The summed E-state index contributed by atoms with van der Waals surface area (Å²) < 4.78 is 7.24. The number of aryl methyl sites for hydroxylation is 1. The molecule has 0 bridgehead atoms. The Morgan fingerprint density at radius 2 is 2.40 bits per heavy atom. The molecule has 0 aromatic carbocycles. The van der Waals surface area contributed by atoms with E-state index in [1.807, 2.05) is 23.9 Å². The fourth-order valence-corrected chi connectivity index (χ4v) is 0.822. The van der Waals surface area contributed by atoms with Gasteiger partial charge in [0.25, 0.3) is 0 Å². The molecule has 0 aliphatic carbocycles. The number of rotatable bonds is 2. The van der Waals surface area contributed by atoms with E-state index in [0.29, 0.717) is 6.04 Å². The molecule has 1 rings (SSSR count). The summed E-state index contributed by atoms with van der Waals surface area (Å²) in [6, 6.07) is 2.46. The van der Waals surface area contributed by atoms with Gasteiger partial charge >= 0.3 is 0 Å². The monoisotopic (exact) mass is 140 g/mol. The van der Waals surface area contributed by atoms with E-state index in [0.717, 1.165) is 12.2 Å². The van der Waals surface area contributed by atoms with Gasteiger partial charge in [0.2, 0.25) is 6.20 Å². The first kappa shape index (κ1) is 7.32. The molecular formula is C8H14NO+. The molecule has 2 nitrogen and oxygen atoms in total. The van der Waals surface area contributed by atoms with Crippen LogP contribution >= 0.6 is 0 Å². The van der Waals surface area contributed by atoms with Gasteiger partial charge in [0.05, 0.1) is 6.07 Å². The summed E-state index contributed by atoms with van der Waals surface area (Å²) >= 11 is 0. The summed E-state index contributed by atoms with van der Waals surface area (Å²) in [5, 5.41) is 0. The average Bonchev–Trinajstić information content (AvgIpc) is 2.34. The average molecular weight is 140 g/mol. The maximum Gasteiger partial charge on any atom is 0.220 e. The van der Waals surface area contributed by atoms with E-state index in [-0.39, 0.29) is 0 Å². The molecule has 0 radical (unpaired) electrons. The second-order valence-electron chi connectivity index (χ2n) is 2.63. The van der Waals surface area contributed by atoms with Crippen LogP contribution in [0.4, 0.5) is 0 Å². The van der Waals surface area contributed by atoms with E-state index in [1.165, 1.54) is 0 Å². The van der Waals surface area contributed by atoms with Crippen LogP contribution in [0.15, 0.2) is 16.8 Å². The minimum absolute atomic E-state index is 0.480. The largest absolute Gasteiger partial charge is 0.241 e. The van der Waals surface area contributed by atoms with Crippen molar-refractivity contribution in [3.05, 3.63) is 18.0 Å². The van der Waals surface area contributed by atoms with Crippen LogP contribution in [-0.4, -0.2) is 0 Å². The van der Waals surface area contributed by atoms with Gasteiger partial charge in [-0.15, -0.1) is 0 Å². The predicted molar refractivity (Wildman–Crippen MR) is 38.6 cm³/mol. The SMILES string of the molecule is CCC(C)[n+]1ccc(C)o1. The maximum atomic E-state index is 5.35. The zero-order valence-electron chi connectivity index (χ0n) is 6.79. The third kappa shape index (κ3) is 1.38. The van der Waals surface area contributed by atoms with Crippen LogP contribution in [0.5, 0.6) is 0 Å². The summed E-state index contributed by atoms with van der Waals surface area (Å²) in [7, 11) is 0. The Kier molecular flexibility index (Phi) is 2.10. The Hall–Kier alpha value is -0.790. The lowest BCUT2D eigenvalue weighted by Gasteiger charge is -1.94. The Labute approximate surface area is 61.4 Å². The molecule has 0 saturated heterocycles. The number of hydrogen-bond donors (Lipinski definition) is 0. The Morgan fingerprint density at radius 3 is 2.80 bits per heavy atom. The van der Waals surface area contributed by atoms with Crippen molar-refractivity contribution in [2.45, 2.75) is 33.2 Å². The molecule has 10 heavy (non-hydrogen) atoms. The van der Waals surface area contributed by atoms with Crippen molar-refractivity contribution in [2.75, 3.05) is 0 Å². The molecule has 0 aliphatic rings. The van der Waals surface area contributed by atoms with Gasteiger partial charge in [-0.25, -0.2) is 4.52 Å². The van der Waals surface area contributed by atoms with Crippen LogP contribution < -0.4 is 4.74 Å². The van der Waals surface area contributed by atoms with Crippen LogP contribution in [0.3, 0.4) is 0 Å². The van der Waals surface area contributed by atoms with Gasteiger partial charge in [0, 0.05) is 20.3 Å². The van der Waals surface area contributed by atoms with E-state index < -0.39 is 0 Å². The van der Waals surface area contributed by atoms with Crippen molar-refractivity contribution >= 4 is 0 Å². The standard InChI is InChI=1S/C8H14NO/c1-4-7(2)9-6-5-8(3)10-9/h5-7H,4H2,1-3H3/q+1. The summed E-state index contributed by atoms with van der Waals surface area (Å²) in [6.45, 7) is 6.25. The van der Waals surface area contributed by atoms with E-state index in [2.05, 4.69) is 13.8 Å². The fourth-order valence-electron chi connectivity index (χ4n) is 0.822. The lowest BCUT2D eigenvalue weighted by molar-refractivity contribution is -0.881. The lowest BCUT2D eigenvalue weighted by Crippen LogP contribution is -2.34. The Morgan fingerprint density at radius 1 is 1.70 bits per heavy atom. The first-order valence-electron chi connectivity index (χ1n) is 3.72. The molecule has 1 aromatic rings. The highest BCUT2D eigenvalue weighted by Crippen LogP contribution is 2.01. The molecule has 2 heteroatoms. The van der Waals surface area contributed by atoms with Crippen LogP contribution in [0.25, 0.3) is 0 Å². The van der Waals surface area contributed by atoms with Gasteiger partial charge in [-0.1, -0.05) is 6.92 Å². The second kappa shape index (κ2) is 2.86. The third-order valence-electron chi connectivity index (χ3n) is 1.73. The highest BCUT2D eigenvalue weighted by atomic mass is 16.5. The van der Waals surface area contributed by atoms with Gasteiger partial charge in [0.1, 0.15) is 0 Å². The molecule has 1 unspecified atom stereocenters. The first-order chi connectivity index (χ1) is 4.74. The predicted octanol–water partition coefficient (Wildman–Crippen LogP) is 1.85. The van der Waals surface area contributed by atoms with E-state index >= 15 is 0 Å². The van der Waals surface area contributed by atoms with E-state index in [9.17, 15) is 0 Å². The van der Waals surface area contributed by atoms with Crippen molar-refractivity contribution in [2.24, 2.45) is 0 Å². The van der Waals surface area contributed by atoms with Crippen molar-refractivity contribution in [3.8, 4) is 0 Å². The molecule has 0 fully saturated rings. The van der Waals surface area contributed by atoms with Gasteiger partial charge in [-0.05, 0) is 4.74 Å². The molecule has 0 spiro atoms. The van der Waals surface area contributed by atoms with Crippen LogP contribution in [0.2, 0.25) is 0 Å². The van der Waals surface area contributed by atoms with E-state index in [1.54, 1.807) is 0 Å². The quantitative estimate of drug-likeness (QED) is 0.573. The van der Waals surface area contributed by atoms with Crippen LogP contribution in [0, 0.1) is 6.92 Å². The van der Waals surface area contributed by atoms with Crippen LogP contribution in [0.1, 0.15) is 32.1 Å². The Balaban J connectivity index is 2.74. The van der Waals surface area contributed by atoms with Crippen molar-refractivity contribution in [1.82, 2.24) is 0 Å². The highest BCUT2D eigenvalue weighted by Gasteiger charge is 2.13. The van der Waals surface area contributed by atoms with Crippen molar-refractivity contribution in [3.63, 3.8) is 0 Å². The Bertz CT molecular complexity index is 205. The number of aromatic nitrogens is 1. The van der Waals surface area contributed by atoms with Gasteiger partial charge in [-0.3, -0.25) is 0 Å². The third-order valence-corrected chi connectivity index (χ3v) is 1.73. The second-order valence-corrected chi connectivity index (χ2v) is 2.63. The molecule has 1 aromatic heterocycles. The summed E-state index contributed by atoms with van der Waals surface area (Å²) in [5.74, 6) is 0.973. The summed E-state index contributed by atoms with van der Waals surface area (Å²) in [4.78, 5) is 0. The van der Waals surface area contributed by atoms with Crippen LogP contribution in [-0.2, 0) is 0 Å². The van der Waals surface area contributed by atoms with E-state index in [4.69, 9.17) is 4.52 Å². The number of nitrogens with zero attached hydrogens (tertiary/aromatic N) is 1. The minimum Gasteiger partial charge on any atom is -0.241 e. The van der Waals surface area contributed by atoms with Gasteiger partial charge in [0.15, 0.2) is 11.8 Å². The topological polar surface area (TPSA) is 17.0 Å². The number of hydrogen-bond acceptors (Lipinski definition) is 1.